The van der Waals surface area contributed by atoms with Gasteiger partial charge in [0, 0.05) is 23.1 Å². The van der Waals surface area contributed by atoms with Gasteiger partial charge < -0.3 is 16.4 Å². The van der Waals surface area contributed by atoms with E-state index in [4.69, 9.17) is 17.3 Å². The highest BCUT2D eigenvalue weighted by Gasteiger charge is 2.11. The predicted molar refractivity (Wildman–Crippen MR) is 145 cm³/mol. The largest absolute Gasteiger partial charge is 0.399 e. The summed E-state index contributed by atoms with van der Waals surface area (Å²) < 4.78 is 0. The van der Waals surface area contributed by atoms with Crippen molar-refractivity contribution in [1.29, 1.82) is 0 Å². The van der Waals surface area contributed by atoms with E-state index in [1.165, 1.54) is 5.56 Å². The van der Waals surface area contributed by atoms with Gasteiger partial charge in [-0.1, -0.05) is 55.3 Å². The second-order valence-corrected chi connectivity index (χ2v) is 8.99. The van der Waals surface area contributed by atoms with E-state index in [0.717, 1.165) is 52.2 Å². The lowest BCUT2D eigenvalue weighted by Crippen LogP contribution is -2.03. The van der Waals surface area contributed by atoms with Crippen LogP contribution in [0, 0.1) is 20.8 Å². The van der Waals surface area contributed by atoms with Gasteiger partial charge in [0.05, 0.1) is 6.20 Å². The Hall–Kier alpha value is -3.84. The zero-order chi connectivity index (χ0) is 24.9. The van der Waals surface area contributed by atoms with Crippen molar-refractivity contribution in [3.05, 3.63) is 82.1 Å². The SMILES string of the molecule is CCC/C=C(/N)c1ccc(-c2cc(C)c(Nc3ncc(Cl)c(Nc4cc(C)[nH]n4)n3)cc2C)cc1. The maximum atomic E-state index is 6.29. The standard InChI is InChI=1S/C27H30ClN7/c1-5-6-7-23(29)20-10-8-19(9-11-20)21-12-17(3)24(13-16(21)2)31-27-30-15-22(28)26(33-27)32-25-14-18(4)34-35-25/h7-15H,5-6,29H2,1-4H3,(H3,30,31,32,33,34,35)/b23-7+. The number of rotatable bonds is 8. The summed E-state index contributed by atoms with van der Waals surface area (Å²) in [6, 6.07) is 14.5. The number of H-pyrrole nitrogens is 1. The molecule has 0 bridgehead atoms. The van der Waals surface area contributed by atoms with Crippen LogP contribution in [0.5, 0.6) is 0 Å². The summed E-state index contributed by atoms with van der Waals surface area (Å²) in [6.45, 7) is 8.23. The predicted octanol–water partition coefficient (Wildman–Crippen LogP) is 7.03. The van der Waals surface area contributed by atoms with Gasteiger partial charge in [-0.05, 0) is 67.1 Å². The first-order valence-electron chi connectivity index (χ1n) is 11.6. The van der Waals surface area contributed by atoms with E-state index in [1.807, 2.05) is 13.0 Å². The molecule has 0 fully saturated rings. The van der Waals surface area contributed by atoms with Crippen LogP contribution in [-0.4, -0.2) is 20.2 Å². The first kappa shape index (κ1) is 24.3. The van der Waals surface area contributed by atoms with Crippen molar-refractivity contribution in [2.24, 2.45) is 5.73 Å². The number of nitrogens with one attached hydrogen (secondary N) is 3. The van der Waals surface area contributed by atoms with E-state index in [2.05, 4.69) is 94.0 Å². The van der Waals surface area contributed by atoms with Crippen LogP contribution in [-0.2, 0) is 0 Å². The Balaban J connectivity index is 1.55. The molecular formula is C27H30ClN7. The number of nitrogens with zero attached hydrogens (tertiary/aromatic N) is 3. The Kier molecular flexibility index (Phi) is 7.36. The monoisotopic (exact) mass is 487 g/mol. The fourth-order valence-electron chi connectivity index (χ4n) is 3.76. The normalized spacial score (nSPS) is 11.5. The highest BCUT2D eigenvalue weighted by atomic mass is 35.5. The molecule has 180 valence electrons. The maximum Gasteiger partial charge on any atom is 0.229 e. The topological polar surface area (TPSA) is 105 Å². The van der Waals surface area contributed by atoms with Crippen molar-refractivity contribution in [1.82, 2.24) is 20.2 Å². The van der Waals surface area contributed by atoms with E-state index in [9.17, 15) is 0 Å². The first-order chi connectivity index (χ1) is 16.8. The van der Waals surface area contributed by atoms with Crippen LogP contribution in [0.4, 0.5) is 23.3 Å². The van der Waals surface area contributed by atoms with Crippen LogP contribution >= 0.6 is 11.6 Å². The lowest BCUT2D eigenvalue weighted by Gasteiger charge is -2.15. The van der Waals surface area contributed by atoms with E-state index in [1.54, 1.807) is 6.20 Å². The molecule has 4 rings (SSSR count). The van der Waals surface area contributed by atoms with Crippen LogP contribution in [0.25, 0.3) is 16.8 Å². The second-order valence-electron chi connectivity index (χ2n) is 8.58. The minimum atomic E-state index is 0.410. The fourth-order valence-corrected chi connectivity index (χ4v) is 3.90. The number of anilines is 4. The van der Waals surface area contributed by atoms with Gasteiger partial charge in [-0.25, -0.2) is 4.98 Å². The fraction of sp³-hybridized carbons (Fsp3) is 0.222. The highest BCUT2D eigenvalue weighted by molar-refractivity contribution is 6.32. The summed E-state index contributed by atoms with van der Waals surface area (Å²) in [5.74, 6) is 1.56. The highest BCUT2D eigenvalue weighted by Crippen LogP contribution is 2.31. The Morgan fingerprint density at radius 3 is 2.51 bits per heavy atom. The summed E-state index contributed by atoms with van der Waals surface area (Å²) >= 11 is 6.29. The third-order valence-corrected chi connectivity index (χ3v) is 5.97. The van der Waals surface area contributed by atoms with Gasteiger partial charge in [0.15, 0.2) is 11.6 Å². The lowest BCUT2D eigenvalue weighted by molar-refractivity contribution is 0.958. The molecule has 0 saturated heterocycles. The van der Waals surface area contributed by atoms with Gasteiger partial charge >= 0.3 is 0 Å². The third-order valence-electron chi connectivity index (χ3n) is 5.70. The van der Waals surface area contributed by atoms with E-state index >= 15 is 0 Å². The summed E-state index contributed by atoms with van der Waals surface area (Å²) in [5, 5.41) is 13.9. The molecule has 0 unspecified atom stereocenters. The molecular weight excluding hydrogens is 458 g/mol. The molecule has 2 aromatic carbocycles. The molecule has 7 nitrogen and oxygen atoms in total. The Labute approximate surface area is 210 Å². The Morgan fingerprint density at radius 2 is 1.83 bits per heavy atom. The van der Waals surface area contributed by atoms with E-state index in [0.29, 0.717) is 22.6 Å². The van der Waals surface area contributed by atoms with Crippen molar-refractivity contribution >= 4 is 40.6 Å². The minimum absolute atomic E-state index is 0.410. The van der Waals surface area contributed by atoms with Crippen LogP contribution in [0.1, 0.15) is 42.1 Å². The summed E-state index contributed by atoms with van der Waals surface area (Å²) in [4.78, 5) is 8.87. The van der Waals surface area contributed by atoms with Gasteiger partial charge in [-0.2, -0.15) is 10.1 Å². The molecule has 0 aliphatic rings. The molecule has 0 aliphatic carbocycles. The number of allylic oxidation sites excluding steroid dienone is 1. The number of aryl methyl sites for hydroxylation is 3. The van der Waals surface area contributed by atoms with Crippen molar-refractivity contribution in [2.75, 3.05) is 10.6 Å². The zero-order valence-corrected chi connectivity index (χ0v) is 21.2. The molecule has 8 heteroatoms. The van der Waals surface area contributed by atoms with E-state index in [-0.39, 0.29) is 0 Å². The number of aromatic amines is 1. The molecule has 0 saturated carbocycles. The molecule has 0 amide bonds. The number of aromatic nitrogens is 4. The molecule has 35 heavy (non-hydrogen) atoms. The molecule has 4 aromatic rings. The van der Waals surface area contributed by atoms with Gasteiger partial charge in [0.25, 0.3) is 0 Å². The Bertz CT molecular complexity index is 1360. The molecule has 5 N–H and O–H groups in total. The molecule has 0 spiro atoms. The van der Waals surface area contributed by atoms with Crippen LogP contribution < -0.4 is 16.4 Å². The van der Waals surface area contributed by atoms with E-state index < -0.39 is 0 Å². The van der Waals surface area contributed by atoms with Gasteiger partial charge in [0.1, 0.15) is 5.02 Å². The molecule has 0 radical (unpaired) electrons. The first-order valence-corrected chi connectivity index (χ1v) is 12.0. The van der Waals surface area contributed by atoms with Gasteiger partial charge in [-0.15, -0.1) is 0 Å². The maximum absolute atomic E-state index is 6.29. The summed E-state index contributed by atoms with van der Waals surface area (Å²) in [7, 11) is 0. The number of unbranched alkanes of at least 4 members (excludes halogenated alkanes) is 1. The quantitative estimate of drug-likeness (QED) is 0.212. The van der Waals surface area contributed by atoms with Crippen molar-refractivity contribution in [2.45, 2.75) is 40.5 Å². The van der Waals surface area contributed by atoms with Crippen molar-refractivity contribution in [3.8, 4) is 11.1 Å². The zero-order valence-electron chi connectivity index (χ0n) is 20.4. The van der Waals surface area contributed by atoms with Crippen LogP contribution in [0.2, 0.25) is 5.02 Å². The molecule has 2 heterocycles. The molecule has 0 atom stereocenters. The third kappa shape index (κ3) is 5.81. The van der Waals surface area contributed by atoms with Gasteiger partial charge in [0.2, 0.25) is 5.95 Å². The number of hydrogen-bond donors (Lipinski definition) is 4. The Morgan fingerprint density at radius 1 is 1.06 bits per heavy atom. The summed E-state index contributed by atoms with van der Waals surface area (Å²) in [6.07, 6.45) is 5.72. The number of benzene rings is 2. The van der Waals surface area contributed by atoms with Crippen LogP contribution in [0.15, 0.2) is 54.7 Å². The number of halogens is 1. The lowest BCUT2D eigenvalue weighted by atomic mass is 9.96. The molecule has 0 aliphatic heterocycles. The second kappa shape index (κ2) is 10.6. The average Bonchev–Trinajstić information content (AvgIpc) is 3.26. The van der Waals surface area contributed by atoms with Crippen LogP contribution in [0.3, 0.4) is 0 Å². The number of nitrogens with two attached hydrogens (primary N) is 1. The average molecular weight is 488 g/mol. The number of hydrogen-bond acceptors (Lipinski definition) is 6. The van der Waals surface area contributed by atoms with Crippen molar-refractivity contribution in [3.63, 3.8) is 0 Å². The van der Waals surface area contributed by atoms with Crippen molar-refractivity contribution < 1.29 is 0 Å². The molecule has 2 aromatic heterocycles. The minimum Gasteiger partial charge on any atom is -0.399 e. The smallest absolute Gasteiger partial charge is 0.229 e. The van der Waals surface area contributed by atoms with Gasteiger partial charge in [-0.3, -0.25) is 5.10 Å². The summed E-state index contributed by atoms with van der Waals surface area (Å²) in [5.41, 5.74) is 14.5.